The van der Waals surface area contributed by atoms with E-state index in [9.17, 15) is 4.79 Å². The van der Waals surface area contributed by atoms with Crippen molar-refractivity contribution < 1.29 is 4.79 Å². The van der Waals surface area contributed by atoms with Gasteiger partial charge in [0.15, 0.2) is 5.78 Å². The van der Waals surface area contributed by atoms with Crippen LogP contribution in [0.5, 0.6) is 0 Å². The van der Waals surface area contributed by atoms with Gasteiger partial charge in [-0.2, -0.15) is 0 Å². The molecule has 102 valence electrons. The summed E-state index contributed by atoms with van der Waals surface area (Å²) in [6.45, 7) is 0.662. The molecule has 0 saturated heterocycles. The Morgan fingerprint density at radius 3 is 2.95 bits per heavy atom. The smallest absolute Gasteiger partial charge is 0.172 e. The SMILES string of the molecule is O=C(c1cccc2ccncc12)C1CNc2ccccc21. The Labute approximate surface area is 122 Å². The number of ketones is 1. The average Bonchev–Trinajstić information content (AvgIpc) is 2.98. The molecule has 3 nitrogen and oxygen atoms in total. The fourth-order valence-corrected chi connectivity index (χ4v) is 3.03. The molecule has 1 unspecified atom stereocenters. The zero-order chi connectivity index (χ0) is 14.2. The second kappa shape index (κ2) is 4.70. The summed E-state index contributed by atoms with van der Waals surface area (Å²) in [5.41, 5.74) is 2.90. The molecule has 0 spiro atoms. The number of hydrogen-bond donors (Lipinski definition) is 1. The highest BCUT2D eigenvalue weighted by atomic mass is 16.1. The zero-order valence-corrected chi connectivity index (χ0v) is 11.4. The molecule has 2 aromatic carbocycles. The first kappa shape index (κ1) is 12.1. The van der Waals surface area contributed by atoms with Gasteiger partial charge in [-0.15, -0.1) is 0 Å². The van der Waals surface area contributed by atoms with Crippen molar-refractivity contribution in [3.05, 3.63) is 72.1 Å². The summed E-state index contributed by atoms with van der Waals surface area (Å²) < 4.78 is 0. The molecule has 1 aliphatic rings. The highest BCUT2D eigenvalue weighted by Gasteiger charge is 2.29. The minimum atomic E-state index is -0.119. The van der Waals surface area contributed by atoms with Crippen LogP contribution in [0.4, 0.5) is 5.69 Å². The number of rotatable bonds is 2. The van der Waals surface area contributed by atoms with Gasteiger partial charge in [0.05, 0.1) is 5.92 Å². The number of nitrogens with zero attached hydrogens (tertiary/aromatic N) is 1. The van der Waals surface area contributed by atoms with Crippen molar-refractivity contribution in [2.75, 3.05) is 11.9 Å². The zero-order valence-electron chi connectivity index (χ0n) is 11.4. The lowest BCUT2D eigenvalue weighted by molar-refractivity contribution is 0.0968. The third kappa shape index (κ3) is 1.89. The molecule has 3 aromatic rings. The average molecular weight is 274 g/mol. The van der Waals surface area contributed by atoms with Gasteiger partial charge >= 0.3 is 0 Å². The van der Waals surface area contributed by atoms with Crippen molar-refractivity contribution in [2.45, 2.75) is 5.92 Å². The van der Waals surface area contributed by atoms with Gasteiger partial charge in [-0.25, -0.2) is 0 Å². The summed E-state index contributed by atoms with van der Waals surface area (Å²) in [5.74, 6) is 0.0399. The van der Waals surface area contributed by atoms with E-state index >= 15 is 0 Å². The maximum atomic E-state index is 13.0. The van der Waals surface area contributed by atoms with E-state index in [2.05, 4.69) is 10.3 Å². The maximum Gasteiger partial charge on any atom is 0.172 e. The molecule has 1 aliphatic heterocycles. The highest BCUT2D eigenvalue weighted by Crippen LogP contribution is 2.34. The number of pyridine rings is 1. The predicted octanol–water partition coefficient (Wildman–Crippen LogP) is 3.63. The number of carbonyl (C=O) groups excluding carboxylic acids is 1. The Morgan fingerprint density at radius 2 is 2.00 bits per heavy atom. The monoisotopic (exact) mass is 274 g/mol. The predicted molar refractivity (Wildman–Crippen MR) is 83.7 cm³/mol. The van der Waals surface area contributed by atoms with Gasteiger partial charge in [0, 0.05) is 35.6 Å². The first-order valence-corrected chi connectivity index (χ1v) is 7.04. The van der Waals surface area contributed by atoms with Gasteiger partial charge in [0.1, 0.15) is 0 Å². The molecule has 2 heterocycles. The number of aromatic nitrogens is 1. The van der Waals surface area contributed by atoms with Gasteiger partial charge in [0.2, 0.25) is 0 Å². The molecule has 0 bridgehead atoms. The fraction of sp³-hybridized carbons (Fsp3) is 0.111. The van der Waals surface area contributed by atoms with Gasteiger partial charge in [-0.05, 0) is 23.1 Å². The normalized spacial score (nSPS) is 16.5. The molecular weight excluding hydrogens is 260 g/mol. The van der Waals surface area contributed by atoms with Crippen LogP contribution >= 0.6 is 0 Å². The Balaban J connectivity index is 1.82. The summed E-state index contributed by atoms with van der Waals surface area (Å²) in [6.07, 6.45) is 3.53. The molecule has 1 N–H and O–H groups in total. The van der Waals surface area contributed by atoms with Crippen LogP contribution in [0.1, 0.15) is 21.8 Å². The number of carbonyl (C=O) groups is 1. The van der Waals surface area contributed by atoms with E-state index in [1.165, 1.54) is 0 Å². The summed E-state index contributed by atoms with van der Waals surface area (Å²) in [6, 6.07) is 15.8. The van der Waals surface area contributed by atoms with Crippen LogP contribution in [0.2, 0.25) is 0 Å². The second-order valence-corrected chi connectivity index (χ2v) is 5.29. The standard InChI is InChI=1S/C18H14N2O/c21-18(16-11-20-17-7-2-1-5-13(16)17)14-6-3-4-12-8-9-19-10-15(12)14/h1-10,16,20H,11H2. The number of Topliss-reactive ketones (excluding diaryl/α,β-unsaturated/α-hetero) is 1. The van der Waals surface area contributed by atoms with Crippen LogP contribution in [0.3, 0.4) is 0 Å². The summed E-state index contributed by atoms with van der Waals surface area (Å²) >= 11 is 0. The Bertz CT molecular complexity index is 836. The van der Waals surface area contributed by atoms with Crippen LogP contribution in [-0.2, 0) is 0 Å². The van der Waals surface area contributed by atoms with Crippen molar-refractivity contribution in [2.24, 2.45) is 0 Å². The lowest BCUT2D eigenvalue weighted by Crippen LogP contribution is -2.15. The van der Waals surface area contributed by atoms with E-state index in [1.54, 1.807) is 12.4 Å². The Morgan fingerprint density at radius 1 is 1.10 bits per heavy atom. The lowest BCUT2D eigenvalue weighted by atomic mass is 9.90. The number of hydrogen-bond acceptors (Lipinski definition) is 3. The van der Waals surface area contributed by atoms with Crippen LogP contribution in [0, 0.1) is 0 Å². The van der Waals surface area contributed by atoms with E-state index in [1.807, 2.05) is 48.5 Å². The summed E-state index contributed by atoms with van der Waals surface area (Å²) in [5, 5.41) is 5.29. The topological polar surface area (TPSA) is 42.0 Å². The summed E-state index contributed by atoms with van der Waals surface area (Å²) in [4.78, 5) is 17.1. The third-order valence-corrected chi connectivity index (χ3v) is 4.10. The van der Waals surface area contributed by atoms with Gasteiger partial charge in [-0.3, -0.25) is 9.78 Å². The number of nitrogens with one attached hydrogen (secondary N) is 1. The number of fused-ring (bicyclic) bond motifs is 2. The van der Waals surface area contributed by atoms with Gasteiger partial charge < -0.3 is 5.32 Å². The number of para-hydroxylation sites is 1. The largest absolute Gasteiger partial charge is 0.384 e. The molecule has 4 rings (SSSR count). The Kier molecular flexibility index (Phi) is 2.71. The fourth-order valence-electron chi connectivity index (χ4n) is 3.03. The second-order valence-electron chi connectivity index (χ2n) is 5.29. The van der Waals surface area contributed by atoms with E-state index < -0.39 is 0 Å². The molecular formula is C18H14N2O. The van der Waals surface area contributed by atoms with E-state index in [4.69, 9.17) is 0 Å². The lowest BCUT2D eigenvalue weighted by Gasteiger charge is -2.11. The molecule has 21 heavy (non-hydrogen) atoms. The van der Waals surface area contributed by atoms with Crippen LogP contribution in [0.25, 0.3) is 10.8 Å². The van der Waals surface area contributed by atoms with Crippen molar-refractivity contribution in [3.8, 4) is 0 Å². The quantitative estimate of drug-likeness (QED) is 0.726. The summed E-state index contributed by atoms with van der Waals surface area (Å²) in [7, 11) is 0. The molecule has 3 heteroatoms. The first-order valence-electron chi connectivity index (χ1n) is 7.04. The van der Waals surface area contributed by atoms with Crippen LogP contribution in [-0.4, -0.2) is 17.3 Å². The molecule has 1 aromatic heterocycles. The van der Waals surface area contributed by atoms with Gasteiger partial charge in [-0.1, -0.05) is 36.4 Å². The van der Waals surface area contributed by atoms with Crippen molar-refractivity contribution in [3.63, 3.8) is 0 Å². The molecule has 0 fully saturated rings. The molecule has 1 atom stereocenters. The number of anilines is 1. The van der Waals surface area contributed by atoms with Crippen LogP contribution < -0.4 is 5.32 Å². The van der Waals surface area contributed by atoms with Crippen molar-refractivity contribution >= 4 is 22.2 Å². The molecule has 0 amide bonds. The van der Waals surface area contributed by atoms with E-state index in [-0.39, 0.29) is 11.7 Å². The van der Waals surface area contributed by atoms with Crippen molar-refractivity contribution in [1.29, 1.82) is 0 Å². The van der Waals surface area contributed by atoms with E-state index in [0.717, 1.165) is 27.6 Å². The minimum absolute atomic E-state index is 0.119. The maximum absolute atomic E-state index is 13.0. The molecule has 0 aliphatic carbocycles. The molecule has 0 saturated carbocycles. The Hall–Kier alpha value is -2.68. The van der Waals surface area contributed by atoms with Crippen LogP contribution in [0.15, 0.2) is 60.9 Å². The van der Waals surface area contributed by atoms with Gasteiger partial charge in [0.25, 0.3) is 0 Å². The highest BCUT2D eigenvalue weighted by molar-refractivity contribution is 6.11. The minimum Gasteiger partial charge on any atom is -0.384 e. The molecule has 0 radical (unpaired) electrons. The number of benzene rings is 2. The first-order chi connectivity index (χ1) is 10.3. The third-order valence-electron chi connectivity index (χ3n) is 4.10. The van der Waals surface area contributed by atoms with E-state index in [0.29, 0.717) is 6.54 Å². The van der Waals surface area contributed by atoms with Crippen molar-refractivity contribution in [1.82, 2.24) is 4.98 Å².